The second-order valence-corrected chi connectivity index (χ2v) is 4.75. The Morgan fingerprint density at radius 2 is 1.88 bits per heavy atom. The predicted molar refractivity (Wildman–Crippen MR) is 82.6 cm³/mol. The first kappa shape index (κ1) is 17.3. The van der Waals surface area contributed by atoms with Crippen LogP contribution >= 0.6 is 0 Å². The van der Waals surface area contributed by atoms with Crippen LogP contribution in [0.2, 0.25) is 0 Å². The van der Waals surface area contributed by atoms with Crippen LogP contribution in [0, 0.1) is 0 Å². The average Bonchev–Trinajstić information content (AvgIpc) is 3.03. The molecule has 2 rings (SSSR count). The monoisotopic (exact) mass is 335 g/mol. The number of hydrogen-bond donors (Lipinski definition) is 0. The molecule has 0 bridgehead atoms. The zero-order valence-corrected chi connectivity index (χ0v) is 13.3. The Kier molecular flexibility index (Phi) is 5.78. The molecule has 1 fully saturated rings. The minimum absolute atomic E-state index is 0.149. The second-order valence-electron chi connectivity index (χ2n) is 4.75. The number of rotatable bonds is 6. The van der Waals surface area contributed by atoms with Gasteiger partial charge in [0.15, 0.2) is 6.61 Å². The van der Waals surface area contributed by atoms with Crippen LogP contribution < -0.4 is 9.47 Å². The molecule has 1 saturated heterocycles. The van der Waals surface area contributed by atoms with E-state index in [1.807, 2.05) is 0 Å². The first-order chi connectivity index (χ1) is 11.5. The molecule has 0 radical (unpaired) electrons. The van der Waals surface area contributed by atoms with E-state index in [2.05, 4.69) is 4.74 Å². The van der Waals surface area contributed by atoms with Crippen molar-refractivity contribution < 1.29 is 33.3 Å². The van der Waals surface area contributed by atoms with E-state index >= 15 is 0 Å². The smallest absolute Gasteiger partial charge is 0.416 e. The lowest BCUT2D eigenvalue weighted by Crippen LogP contribution is -2.35. The summed E-state index contributed by atoms with van der Waals surface area (Å²) >= 11 is 0. The molecule has 0 saturated carbocycles. The van der Waals surface area contributed by atoms with Gasteiger partial charge in [-0.1, -0.05) is 0 Å². The fourth-order valence-corrected chi connectivity index (χ4v) is 1.97. The molecule has 1 heterocycles. The van der Waals surface area contributed by atoms with Crippen LogP contribution in [0.4, 0.5) is 4.79 Å². The molecule has 1 aliphatic heterocycles. The van der Waals surface area contributed by atoms with Gasteiger partial charge in [0.2, 0.25) is 0 Å². The first-order valence-corrected chi connectivity index (χ1v) is 7.08. The van der Waals surface area contributed by atoms with Crippen molar-refractivity contribution in [3.05, 3.63) is 29.8 Å². The van der Waals surface area contributed by atoms with E-state index < -0.39 is 24.6 Å². The Balaban J connectivity index is 1.91. The third-order valence-electron chi connectivity index (χ3n) is 3.19. The van der Waals surface area contributed by atoms with Gasteiger partial charge in [-0.05, 0) is 23.8 Å². The Bertz CT molecular complexity index is 646. The molecule has 0 unspecified atom stereocenters. The fourth-order valence-electron chi connectivity index (χ4n) is 1.97. The summed E-state index contributed by atoms with van der Waals surface area (Å²) in [6.45, 7) is -0.218. The van der Waals surface area contributed by atoms with Gasteiger partial charge in [-0.25, -0.2) is 14.5 Å². The molecule has 2 amide bonds. The maximum absolute atomic E-state index is 11.7. The lowest BCUT2D eigenvalue weighted by atomic mass is 10.2. The van der Waals surface area contributed by atoms with E-state index in [1.165, 1.54) is 26.4 Å². The van der Waals surface area contributed by atoms with Gasteiger partial charge in [0.1, 0.15) is 18.1 Å². The summed E-state index contributed by atoms with van der Waals surface area (Å²) in [5, 5.41) is 0. The summed E-state index contributed by atoms with van der Waals surface area (Å²) in [5.41, 5.74) is 0.664. The van der Waals surface area contributed by atoms with Crippen LogP contribution in [0.1, 0.15) is 5.56 Å². The van der Waals surface area contributed by atoms with Crippen LogP contribution in [-0.4, -0.2) is 56.8 Å². The van der Waals surface area contributed by atoms with Crippen molar-refractivity contribution in [2.45, 2.75) is 0 Å². The van der Waals surface area contributed by atoms with Gasteiger partial charge >= 0.3 is 12.1 Å². The minimum atomic E-state index is -0.727. The fraction of sp³-hybridized carbons (Fsp3) is 0.312. The lowest BCUT2D eigenvalue weighted by molar-refractivity contribution is -0.146. The highest BCUT2D eigenvalue weighted by molar-refractivity contribution is 5.95. The summed E-state index contributed by atoms with van der Waals surface area (Å²) in [4.78, 5) is 35.4. The molecule has 1 aliphatic rings. The van der Waals surface area contributed by atoms with Crippen molar-refractivity contribution in [3.8, 4) is 11.5 Å². The molecule has 0 spiro atoms. The van der Waals surface area contributed by atoms with Gasteiger partial charge in [-0.15, -0.1) is 0 Å². The minimum Gasteiger partial charge on any atom is -0.497 e. The molecule has 1 aromatic carbocycles. The Morgan fingerprint density at radius 1 is 1.21 bits per heavy atom. The highest BCUT2D eigenvalue weighted by Crippen LogP contribution is 2.23. The summed E-state index contributed by atoms with van der Waals surface area (Å²) in [5.74, 6) is -0.185. The van der Waals surface area contributed by atoms with E-state index in [0.29, 0.717) is 17.1 Å². The highest BCUT2D eigenvalue weighted by atomic mass is 16.6. The Labute approximate surface area is 138 Å². The van der Waals surface area contributed by atoms with Crippen LogP contribution in [0.3, 0.4) is 0 Å². The number of carbonyl (C=O) groups excluding carboxylic acids is 3. The molecule has 1 aromatic rings. The largest absolute Gasteiger partial charge is 0.497 e. The highest BCUT2D eigenvalue weighted by Gasteiger charge is 2.28. The van der Waals surface area contributed by atoms with Crippen molar-refractivity contribution >= 4 is 24.0 Å². The summed E-state index contributed by atoms with van der Waals surface area (Å²) in [6.07, 6.45) is 1.95. The van der Waals surface area contributed by atoms with E-state index in [4.69, 9.17) is 14.2 Å². The van der Waals surface area contributed by atoms with E-state index in [1.54, 1.807) is 18.2 Å². The number of hydrogen-bond acceptors (Lipinski definition) is 7. The molecule has 8 nitrogen and oxygen atoms in total. The molecular weight excluding hydrogens is 318 g/mol. The van der Waals surface area contributed by atoms with Crippen LogP contribution in [0.25, 0.3) is 6.08 Å². The number of esters is 1. The quantitative estimate of drug-likeness (QED) is 0.570. The predicted octanol–water partition coefficient (Wildman–Crippen LogP) is 1.24. The number of cyclic esters (lactones) is 1. The summed E-state index contributed by atoms with van der Waals surface area (Å²) < 4.78 is 19.7. The van der Waals surface area contributed by atoms with Crippen molar-refractivity contribution in [1.82, 2.24) is 4.90 Å². The van der Waals surface area contributed by atoms with Crippen molar-refractivity contribution in [1.29, 1.82) is 0 Å². The van der Waals surface area contributed by atoms with Gasteiger partial charge in [0.05, 0.1) is 20.8 Å². The topological polar surface area (TPSA) is 91.4 Å². The average molecular weight is 335 g/mol. The molecule has 0 aromatic heterocycles. The van der Waals surface area contributed by atoms with Crippen molar-refractivity contribution in [3.63, 3.8) is 0 Å². The summed E-state index contributed by atoms with van der Waals surface area (Å²) in [6, 6.07) is 5.11. The van der Waals surface area contributed by atoms with Gasteiger partial charge in [-0.2, -0.15) is 0 Å². The normalized spacial score (nSPS) is 13.8. The third-order valence-corrected chi connectivity index (χ3v) is 3.19. The standard InChI is InChI=1S/C16H17NO7/c1-21-12-7-11(8-13(9-12)22-2)3-4-15(19)24-10-14(18)17-5-6-23-16(17)20/h3-4,7-9H,5-6,10H2,1-2H3/b4-3+. The molecule has 0 N–H and O–H groups in total. The van der Waals surface area contributed by atoms with Crippen LogP contribution in [-0.2, 0) is 19.1 Å². The number of ether oxygens (including phenoxy) is 4. The van der Waals surface area contributed by atoms with Gasteiger partial charge < -0.3 is 18.9 Å². The molecule has 0 aliphatic carbocycles. The van der Waals surface area contributed by atoms with Crippen LogP contribution in [0.5, 0.6) is 11.5 Å². The molecular formula is C16H17NO7. The van der Waals surface area contributed by atoms with Gasteiger partial charge in [0, 0.05) is 12.1 Å². The number of carbonyl (C=O) groups is 3. The number of benzene rings is 1. The maximum Gasteiger partial charge on any atom is 0.416 e. The Hall–Kier alpha value is -3.03. The SMILES string of the molecule is COc1cc(/C=C/C(=O)OCC(=O)N2CCOC2=O)cc(OC)c1. The van der Waals surface area contributed by atoms with Gasteiger partial charge in [0.25, 0.3) is 5.91 Å². The van der Waals surface area contributed by atoms with E-state index in [9.17, 15) is 14.4 Å². The molecule has 128 valence electrons. The third kappa shape index (κ3) is 4.48. The number of methoxy groups -OCH3 is 2. The molecule has 0 atom stereocenters. The van der Waals surface area contributed by atoms with E-state index in [0.717, 1.165) is 4.90 Å². The number of amides is 2. The van der Waals surface area contributed by atoms with Crippen molar-refractivity contribution in [2.75, 3.05) is 34.0 Å². The molecule has 8 heteroatoms. The lowest BCUT2D eigenvalue weighted by Gasteiger charge is -2.09. The first-order valence-electron chi connectivity index (χ1n) is 7.08. The zero-order chi connectivity index (χ0) is 17.5. The second kappa shape index (κ2) is 8.00. The number of imide groups is 1. The van der Waals surface area contributed by atoms with Crippen LogP contribution in [0.15, 0.2) is 24.3 Å². The Morgan fingerprint density at radius 3 is 2.42 bits per heavy atom. The van der Waals surface area contributed by atoms with Crippen molar-refractivity contribution in [2.24, 2.45) is 0 Å². The van der Waals surface area contributed by atoms with E-state index in [-0.39, 0.29) is 13.2 Å². The van der Waals surface area contributed by atoms with Gasteiger partial charge in [-0.3, -0.25) is 4.79 Å². The molecule has 24 heavy (non-hydrogen) atoms. The maximum atomic E-state index is 11.7. The zero-order valence-electron chi connectivity index (χ0n) is 13.3. The summed E-state index contributed by atoms with van der Waals surface area (Å²) in [7, 11) is 3.04. The number of nitrogens with zero attached hydrogens (tertiary/aromatic N) is 1.